The van der Waals surface area contributed by atoms with Crippen molar-refractivity contribution in [3.63, 3.8) is 0 Å². The van der Waals surface area contributed by atoms with Crippen LogP contribution in [0.2, 0.25) is 0 Å². The molecular formula is C19H22N2O5S. The molecule has 2 aromatic carbocycles. The van der Waals surface area contributed by atoms with E-state index < -0.39 is 10.0 Å². The van der Waals surface area contributed by atoms with Gasteiger partial charge in [0.05, 0.1) is 14.2 Å². The molecule has 1 aliphatic heterocycles. The molecule has 1 heterocycles. The molecule has 1 N–H and O–H groups in total. The minimum Gasteiger partial charge on any atom is -0.497 e. The van der Waals surface area contributed by atoms with Gasteiger partial charge in [-0.2, -0.15) is 0 Å². The average molecular weight is 390 g/mol. The van der Waals surface area contributed by atoms with Gasteiger partial charge in [-0.1, -0.05) is 0 Å². The van der Waals surface area contributed by atoms with Gasteiger partial charge in [-0.25, -0.2) is 8.42 Å². The first-order valence-corrected chi connectivity index (χ1v) is 10.00. The Morgan fingerprint density at radius 3 is 2.56 bits per heavy atom. The first-order valence-electron chi connectivity index (χ1n) is 8.51. The van der Waals surface area contributed by atoms with Crippen molar-refractivity contribution in [2.45, 2.75) is 24.7 Å². The zero-order valence-electron chi connectivity index (χ0n) is 15.5. The van der Waals surface area contributed by atoms with Crippen molar-refractivity contribution in [3.8, 4) is 11.5 Å². The van der Waals surface area contributed by atoms with Crippen LogP contribution >= 0.6 is 0 Å². The van der Waals surface area contributed by atoms with Gasteiger partial charge in [0, 0.05) is 30.9 Å². The Bertz CT molecular complexity index is 972. The van der Waals surface area contributed by atoms with Crippen molar-refractivity contribution < 1.29 is 22.7 Å². The molecule has 3 rings (SSSR count). The van der Waals surface area contributed by atoms with Gasteiger partial charge in [-0.3, -0.25) is 9.52 Å². The molecule has 0 saturated carbocycles. The molecule has 8 heteroatoms. The van der Waals surface area contributed by atoms with Gasteiger partial charge < -0.3 is 14.4 Å². The molecule has 144 valence electrons. The Labute approximate surface area is 158 Å². The van der Waals surface area contributed by atoms with Crippen LogP contribution in [0, 0.1) is 0 Å². The lowest BCUT2D eigenvalue weighted by atomic mass is 10.0. The summed E-state index contributed by atoms with van der Waals surface area (Å²) in [4.78, 5) is 13.5. The van der Waals surface area contributed by atoms with E-state index >= 15 is 0 Å². The van der Waals surface area contributed by atoms with Gasteiger partial charge >= 0.3 is 0 Å². The fourth-order valence-corrected chi connectivity index (χ4v) is 4.40. The standard InChI is InChI=1S/C19H22N2O5S/c1-13(22)21-10-4-5-14-11-15(6-8-17(14)21)20-27(23,24)19-9-7-16(25-2)12-18(19)26-3/h6-9,11-12,20H,4-5,10H2,1-3H3. The summed E-state index contributed by atoms with van der Waals surface area (Å²) < 4.78 is 38.5. The fourth-order valence-electron chi connectivity index (χ4n) is 3.19. The van der Waals surface area contributed by atoms with E-state index in [1.165, 1.54) is 33.3 Å². The third kappa shape index (κ3) is 3.85. The van der Waals surface area contributed by atoms with Gasteiger partial charge in [-0.15, -0.1) is 0 Å². The molecule has 2 aromatic rings. The number of rotatable bonds is 5. The maximum absolute atomic E-state index is 12.8. The molecule has 0 fully saturated rings. The molecule has 0 atom stereocenters. The molecule has 0 saturated heterocycles. The highest BCUT2D eigenvalue weighted by atomic mass is 32.2. The summed E-state index contributed by atoms with van der Waals surface area (Å²) in [6, 6.07) is 9.74. The lowest BCUT2D eigenvalue weighted by molar-refractivity contribution is -0.116. The molecule has 27 heavy (non-hydrogen) atoms. The Morgan fingerprint density at radius 2 is 1.89 bits per heavy atom. The quantitative estimate of drug-likeness (QED) is 0.849. The van der Waals surface area contributed by atoms with Gasteiger partial charge in [0.25, 0.3) is 10.0 Å². The Balaban J connectivity index is 1.92. The molecule has 1 amide bonds. The van der Waals surface area contributed by atoms with E-state index in [1.807, 2.05) is 0 Å². The van der Waals surface area contributed by atoms with Crippen LogP contribution < -0.4 is 19.1 Å². The van der Waals surface area contributed by atoms with E-state index in [2.05, 4.69) is 4.72 Å². The Morgan fingerprint density at radius 1 is 1.11 bits per heavy atom. The smallest absolute Gasteiger partial charge is 0.265 e. The molecule has 0 aromatic heterocycles. The topological polar surface area (TPSA) is 84.9 Å². The van der Waals surface area contributed by atoms with Crippen LogP contribution in [0.25, 0.3) is 0 Å². The minimum absolute atomic E-state index is 0.0211. The summed E-state index contributed by atoms with van der Waals surface area (Å²) in [6.45, 7) is 2.21. The van der Waals surface area contributed by atoms with Crippen LogP contribution in [0.15, 0.2) is 41.3 Å². The van der Waals surface area contributed by atoms with E-state index in [0.29, 0.717) is 18.0 Å². The second kappa shape index (κ2) is 7.48. The third-order valence-corrected chi connectivity index (χ3v) is 5.91. The number of benzene rings is 2. The summed E-state index contributed by atoms with van der Waals surface area (Å²) >= 11 is 0. The van der Waals surface area contributed by atoms with Crippen molar-refractivity contribution in [1.82, 2.24) is 0 Å². The number of carbonyl (C=O) groups is 1. The zero-order chi connectivity index (χ0) is 19.6. The van der Waals surface area contributed by atoms with Crippen LogP contribution in [-0.2, 0) is 21.2 Å². The number of sulfonamides is 1. The van der Waals surface area contributed by atoms with Crippen LogP contribution in [0.4, 0.5) is 11.4 Å². The molecular weight excluding hydrogens is 368 g/mol. The monoisotopic (exact) mass is 390 g/mol. The number of anilines is 2. The van der Waals surface area contributed by atoms with E-state index in [9.17, 15) is 13.2 Å². The largest absolute Gasteiger partial charge is 0.497 e. The van der Waals surface area contributed by atoms with Crippen LogP contribution in [0.3, 0.4) is 0 Å². The molecule has 0 aliphatic carbocycles. The van der Waals surface area contributed by atoms with Crippen molar-refractivity contribution in [2.24, 2.45) is 0 Å². The second-order valence-corrected chi connectivity index (χ2v) is 7.89. The summed E-state index contributed by atoms with van der Waals surface area (Å²) in [7, 11) is -0.944. The van der Waals surface area contributed by atoms with Crippen molar-refractivity contribution >= 4 is 27.3 Å². The van der Waals surface area contributed by atoms with Crippen LogP contribution in [0.1, 0.15) is 18.9 Å². The highest BCUT2D eigenvalue weighted by molar-refractivity contribution is 7.92. The Kier molecular flexibility index (Phi) is 5.27. The molecule has 0 radical (unpaired) electrons. The average Bonchev–Trinajstić information content (AvgIpc) is 2.66. The van der Waals surface area contributed by atoms with E-state index in [0.717, 1.165) is 24.1 Å². The molecule has 0 bridgehead atoms. The molecule has 7 nitrogen and oxygen atoms in total. The number of carbonyl (C=O) groups excluding carboxylic acids is 1. The van der Waals surface area contributed by atoms with Gasteiger partial charge in [0.2, 0.25) is 5.91 Å². The van der Waals surface area contributed by atoms with Gasteiger partial charge in [0.1, 0.15) is 16.4 Å². The predicted octanol–water partition coefficient (Wildman–Crippen LogP) is 2.80. The minimum atomic E-state index is -3.85. The van der Waals surface area contributed by atoms with Crippen molar-refractivity contribution in [2.75, 3.05) is 30.4 Å². The number of fused-ring (bicyclic) bond motifs is 1. The number of aryl methyl sites for hydroxylation is 1. The summed E-state index contributed by atoms with van der Waals surface area (Å²) in [6.07, 6.45) is 1.63. The number of amides is 1. The van der Waals surface area contributed by atoms with Crippen LogP contribution in [-0.4, -0.2) is 35.1 Å². The van der Waals surface area contributed by atoms with Crippen molar-refractivity contribution in [1.29, 1.82) is 0 Å². The normalized spacial score (nSPS) is 13.7. The zero-order valence-corrected chi connectivity index (χ0v) is 16.3. The van der Waals surface area contributed by atoms with Crippen molar-refractivity contribution in [3.05, 3.63) is 42.0 Å². The maximum atomic E-state index is 12.8. The number of hydrogen-bond acceptors (Lipinski definition) is 5. The highest BCUT2D eigenvalue weighted by Crippen LogP contribution is 2.33. The van der Waals surface area contributed by atoms with Gasteiger partial charge in [0.15, 0.2) is 0 Å². The first kappa shape index (κ1) is 19.0. The van der Waals surface area contributed by atoms with Crippen LogP contribution in [0.5, 0.6) is 11.5 Å². The van der Waals surface area contributed by atoms with Gasteiger partial charge in [-0.05, 0) is 48.7 Å². The number of ether oxygens (including phenoxy) is 2. The van der Waals surface area contributed by atoms with E-state index in [-0.39, 0.29) is 16.6 Å². The Hall–Kier alpha value is -2.74. The maximum Gasteiger partial charge on any atom is 0.265 e. The number of nitrogens with one attached hydrogen (secondary N) is 1. The molecule has 1 aliphatic rings. The summed E-state index contributed by atoms with van der Waals surface area (Å²) in [5.41, 5.74) is 2.22. The SMILES string of the molecule is COc1ccc(S(=O)(=O)Nc2ccc3c(c2)CCCN3C(C)=O)c(OC)c1. The predicted molar refractivity (Wildman–Crippen MR) is 103 cm³/mol. The summed E-state index contributed by atoms with van der Waals surface area (Å²) in [5.74, 6) is 0.679. The van der Waals surface area contributed by atoms with E-state index in [4.69, 9.17) is 9.47 Å². The lowest BCUT2D eigenvalue weighted by Gasteiger charge is -2.29. The number of methoxy groups -OCH3 is 2. The lowest BCUT2D eigenvalue weighted by Crippen LogP contribution is -2.33. The van der Waals surface area contributed by atoms with E-state index in [1.54, 1.807) is 29.2 Å². The third-order valence-electron chi connectivity index (χ3n) is 4.49. The second-order valence-electron chi connectivity index (χ2n) is 6.24. The summed E-state index contributed by atoms with van der Waals surface area (Å²) in [5, 5.41) is 0. The molecule has 0 spiro atoms. The molecule has 0 unspecified atom stereocenters. The number of nitrogens with zero attached hydrogens (tertiary/aromatic N) is 1. The fraction of sp³-hybridized carbons (Fsp3) is 0.316. The first-order chi connectivity index (χ1) is 12.9. The number of hydrogen-bond donors (Lipinski definition) is 1. The highest BCUT2D eigenvalue weighted by Gasteiger charge is 2.23.